The van der Waals surface area contributed by atoms with Crippen molar-refractivity contribution in [2.24, 2.45) is 0 Å². The van der Waals surface area contributed by atoms with Crippen LogP contribution in [0.1, 0.15) is 34.1 Å². The second-order valence-corrected chi connectivity index (χ2v) is 9.82. The molecule has 1 unspecified atom stereocenters. The molecule has 1 N–H and O–H groups in total. The van der Waals surface area contributed by atoms with Gasteiger partial charge in [-0.05, 0) is 57.0 Å². The largest absolute Gasteiger partial charge is 0.497 e. The molecule has 0 radical (unpaired) electrons. The molecule has 9 nitrogen and oxygen atoms in total. The highest BCUT2D eigenvalue weighted by molar-refractivity contribution is 5.89. The number of ether oxygens (including phenoxy) is 3. The van der Waals surface area contributed by atoms with Crippen LogP contribution >= 0.6 is 0 Å². The smallest absolute Gasteiger partial charge is 0.410 e. The van der Waals surface area contributed by atoms with E-state index < -0.39 is 35.0 Å². The van der Waals surface area contributed by atoms with E-state index in [1.165, 1.54) is 31.0 Å². The summed E-state index contributed by atoms with van der Waals surface area (Å²) < 4.78 is 33.0. The summed E-state index contributed by atoms with van der Waals surface area (Å²) in [6.07, 6.45) is 1.29. The number of aromatic nitrogens is 1. The van der Waals surface area contributed by atoms with Gasteiger partial charge in [0.25, 0.3) is 0 Å². The minimum atomic E-state index is -1.40. The van der Waals surface area contributed by atoms with Crippen molar-refractivity contribution >= 4 is 23.0 Å². The van der Waals surface area contributed by atoms with E-state index in [1.54, 1.807) is 45.0 Å². The number of fused-ring (bicyclic) bond motifs is 1. The van der Waals surface area contributed by atoms with Gasteiger partial charge in [-0.25, -0.2) is 14.0 Å². The molecule has 0 aliphatic heterocycles. The Kier molecular flexibility index (Phi) is 8.65. The third kappa shape index (κ3) is 6.24. The van der Waals surface area contributed by atoms with Crippen LogP contribution in [0.5, 0.6) is 11.5 Å². The average molecular weight is 529 g/mol. The predicted octanol–water partition coefficient (Wildman–Crippen LogP) is 4.93. The lowest BCUT2D eigenvalue weighted by Gasteiger charge is -2.29. The van der Waals surface area contributed by atoms with E-state index in [9.17, 15) is 19.5 Å². The Morgan fingerprint density at radius 2 is 1.79 bits per heavy atom. The van der Waals surface area contributed by atoms with Gasteiger partial charge in [-0.15, -0.1) is 0 Å². The van der Waals surface area contributed by atoms with Crippen LogP contribution in [0, 0.1) is 5.82 Å². The highest BCUT2D eigenvalue weighted by Crippen LogP contribution is 2.30. The van der Waals surface area contributed by atoms with Crippen molar-refractivity contribution in [3.63, 3.8) is 0 Å². The molecule has 0 aliphatic carbocycles. The number of hydrogen-bond acceptors (Lipinski definition) is 6. The first kappa shape index (κ1) is 28.5. The Labute approximate surface area is 220 Å². The summed E-state index contributed by atoms with van der Waals surface area (Å²) in [5.74, 6) is -1.28. The molecule has 0 aliphatic rings. The zero-order valence-corrected chi connectivity index (χ0v) is 22.4. The number of benzene rings is 2. The Balaban J connectivity index is 2.25. The van der Waals surface area contributed by atoms with Gasteiger partial charge in [0, 0.05) is 18.8 Å². The third-order valence-electron chi connectivity index (χ3n) is 5.80. The van der Waals surface area contributed by atoms with Gasteiger partial charge in [-0.1, -0.05) is 19.1 Å². The zero-order chi connectivity index (χ0) is 28.2. The summed E-state index contributed by atoms with van der Waals surface area (Å²) >= 11 is 0. The first-order chi connectivity index (χ1) is 17.9. The van der Waals surface area contributed by atoms with Crippen molar-refractivity contribution in [2.45, 2.75) is 52.3 Å². The highest BCUT2D eigenvalue weighted by Gasteiger charge is 2.31. The number of aliphatic carboxylic acids is 1. The van der Waals surface area contributed by atoms with Gasteiger partial charge in [0.05, 0.1) is 31.2 Å². The molecule has 0 spiro atoms. The average Bonchev–Trinajstić information content (AvgIpc) is 2.86. The van der Waals surface area contributed by atoms with Crippen molar-refractivity contribution in [1.82, 2.24) is 9.47 Å². The Morgan fingerprint density at radius 3 is 2.34 bits per heavy atom. The van der Waals surface area contributed by atoms with Crippen LogP contribution in [0.4, 0.5) is 9.18 Å². The number of amides is 1. The fourth-order valence-corrected chi connectivity index (χ4v) is 3.92. The van der Waals surface area contributed by atoms with Crippen molar-refractivity contribution in [2.75, 3.05) is 20.8 Å². The molecule has 1 aromatic heterocycles. The van der Waals surface area contributed by atoms with Crippen LogP contribution in [-0.4, -0.2) is 59.0 Å². The van der Waals surface area contributed by atoms with Gasteiger partial charge in [0.2, 0.25) is 0 Å². The maximum atomic E-state index is 15.2. The maximum absolute atomic E-state index is 15.2. The highest BCUT2D eigenvalue weighted by atomic mass is 19.1. The van der Waals surface area contributed by atoms with Gasteiger partial charge < -0.3 is 23.9 Å². The van der Waals surface area contributed by atoms with E-state index in [-0.39, 0.29) is 28.8 Å². The number of nitrogens with zero attached hydrogens (tertiary/aromatic N) is 2. The molecule has 1 heterocycles. The monoisotopic (exact) mass is 528 g/mol. The van der Waals surface area contributed by atoms with Gasteiger partial charge in [-0.2, -0.15) is 0 Å². The zero-order valence-electron chi connectivity index (χ0n) is 22.4. The predicted molar refractivity (Wildman–Crippen MR) is 141 cm³/mol. The van der Waals surface area contributed by atoms with E-state index in [1.807, 2.05) is 6.92 Å². The number of hydrogen-bond donors (Lipinski definition) is 1. The van der Waals surface area contributed by atoms with Crippen LogP contribution in [0.25, 0.3) is 22.0 Å². The third-order valence-corrected chi connectivity index (χ3v) is 5.80. The summed E-state index contributed by atoms with van der Waals surface area (Å²) in [6.45, 7) is 6.91. The van der Waals surface area contributed by atoms with E-state index in [2.05, 4.69) is 0 Å². The van der Waals surface area contributed by atoms with Crippen molar-refractivity contribution in [3.05, 3.63) is 58.6 Å². The molecule has 1 amide bonds. The minimum Gasteiger partial charge on any atom is -0.497 e. The summed E-state index contributed by atoms with van der Waals surface area (Å²) in [7, 11) is 2.83. The van der Waals surface area contributed by atoms with E-state index in [0.29, 0.717) is 24.3 Å². The molecule has 204 valence electrons. The molecule has 0 fully saturated rings. The number of rotatable bonds is 9. The SMILES string of the molecule is CCCOc1ccc(F)c2c(=O)c(-c3ccc(OC)cc3)cn(CC(C(=O)O)N(C)C(=O)OC(C)(C)C)c12. The topological polar surface area (TPSA) is 107 Å². The molecular weight excluding hydrogens is 495 g/mol. The molecule has 2 aromatic carbocycles. The second kappa shape index (κ2) is 11.5. The van der Waals surface area contributed by atoms with Gasteiger partial charge in [-0.3, -0.25) is 9.69 Å². The molecule has 10 heteroatoms. The fraction of sp³-hybridized carbons (Fsp3) is 0.393. The van der Waals surface area contributed by atoms with Crippen LogP contribution in [0.2, 0.25) is 0 Å². The quantitative estimate of drug-likeness (QED) is 0.420. The number of halogens is 1. The lowest BCUT2D eigenvalue weighted by molar-refractivity contribution is -0.143. The number of carboxylic acids is 1. The Bertz CT molecular complexity index is 1380. The molecule has 3 rings (SSSR count). The summed E-state index contributed by atoms with van der Waals surface area (Å²) in [5, 5.41) is 9.80. The summed E-state index contributed by atoms with van der Waals surface area (Å²) in [4.78, 5) is 39.6. The molecular formula is C28H33FN2O7. The molecule has 1 atom stereocenters. The lowest BCUT2D eigenvalue weighted by Crippen LogP contribution is -2.47. The lowest BCUT2D eigenvalue weighted by atomic mass is 10.0. The van der Waals surface area contributed by atoms with Crippen LogP contribution < -0.4 is 14.9 Å². The van der Waals surface area contributed by atoms with Gasteiger partial charge >= 0.3 is 12.1 Å². The first-order valence-electron chi connectivity index (χ1n) is 12.2. The molecule has 0 bridgehead atoms. The molecule has 38 heavy (non-hydrogen) atoms. The summed E-state index contributed by atoms with van der Waals surface area (Å²) in [6, 6.07) is 7.79. The van der Waals surface area contributed by atoms with Crippen LogP contribution in [0.3, 0.4) is 0 Å². The standard InChI is InChI=1S/C28H33FN2O7/c1-7-14-37-22-13-12-20(29)23-24(22)31(15-19(25(23)32)17-8-10-18(36-6)11-9-17)16-21(26(33)34)30(5)27(35)38-28(2,3)4/h8-13,15,21H,7,14,16H2,1-6H3,(H,33,34). The van der Waals surface area contributed by atoms with Crippen molar-refractivity contribution < 1.29 is 33.3 Å². The van der Waals surface area contributed by atoms with Crippen LogP contribution in [0.15, 0.2) is 47.4 Å². The number of carbonyl (C=O) groups is 2. The van der Waals surface area contributed by atoms with Crippen molar-refractivity contribution in [3.8, 4) is 22.6 Å². The minimum absolute atomic E-state index is 0.101. The number of carboxylic acid groups (broad SMARTS) is 1. The number of pyridine rings is 1. The van der Waals surface area contributed by atoms with Gasteiger partial charge in [0.1, 0.15) is 29.0 Å². The molecule has 0 saturated heterocycles. The van der Waals surface area contributed by atoms with Crippen LogP contribution in [-0.2, 0) is 16.1 Å². The molecule has 3 aromatic rings. The Hall–Kier alpha value is -4.08. The fourth-order valence-electron chi connectivity index (χ4n) is 3.92. The van der Waals surface area contributed by atoms with Crippen molar-refractivity contribution in [1.29, 1.82) is 0 Å². The number of likely N-dealkylation sites (N-methyl/N-ethyl adjacent to an activating group) is 1. The van der Waals surface area contributed by atoms with E-state index >= 15 is 4.39 Å². The van der Waals surface area contributed by atoms with Gasteiger partial charge in [0.15, 0.2) is 5.43 Å². The number of carbonyl (C=O) groups excluding carboxylic acids is 1. The van der Waals surface area contributed by atoms with E-state index in [4.69, 9.17) is 14.2 Å². The summed E-state index contributed by atoms with van der Waals surface area (Å²) in [5.41, 5.74) is -0.684. The second-order valence-electron chi connectivity index (χ2n) is 9.82. The maximum Gasteiger partial charge on any atom is 0.410 e. The normalized spacial score (nSPS) is 12.2. The Morgan fingerprint density at radius 1 is 1.13 bits per heavy atom. The molecule has 0 saturated carbocycles. The van der Waals surface area contributed by atoms with E-state index in [0.717, 1.165) is 11.0 Å². The number of methoxy groups -OCH3 is 1. The first-order valence-corrected chi connectivity index (χ1v) is 12.2.